The Bertz CT molecular complexity index is 286. The molecule has 2 N–H and O–H groups in total. The largest absolute Gasteiger partial charge is 0.480 e. The van der Waals surface area contributed by atoms with E-state index in [2.05, 4.69) is 22.2 Å². The van der Waals surface area contributed by atoms with Gasteiger partial charge in [-0.2, -0.15) is 0 Å². The zero-order valence-electron chi connectivity index (χ0n) is 12.6. The minimum Gasteiger partial charge on any atom is -0.480 e. The molecule has 0 spiro atoms. The van der Waals surface area contributed by atoms with Gasteiger partial charge in [-0.1, -0.05) is 0 Å². The lowest BCUT2D eigenvalue weighted by Crippen LogP contribution is -2.47. The van der Waals surface area contributed by atoms with Crippen LogP contribution < -0.4 is 5.32 Å². The molecule has 0 amide bonds. The summed E-state index contributed by atoms with van der Waals surface area (Å²) < 4.78 is 0. The number of nitrogens with one attached hydrogen (secondary N) is 1. The summed E-state index contributed by atoms with van der Waals surface area (Å²) in [6.45, 7) is 7.49. The van der Waals surface area contributed by atoms with Gasteiger partial charge in [-0.25, -0.2) is 0 Å². The third-order valence-corrected chi connectivity index (χ3v) is 4.24. The first-order valence-corrected chi connectivity index (χ1v) is 7.31. The third-order valence-electron chi connectivity index (χ3n) is 4.24. The van der Waals surface area contributed by atoms with E-state index in [-0.39, 0.29) is 0 Å². The van der Waals surface area contributed by atoms with E-state index >= 15 is 0 Å². The van der Waals surface area contributed by atoms with Gasteiger partial charge in [-0.05, 0) is 66.3 Å². The highest BCUT2D eigenvalue weighted by Crippen LogP contribution is 2.14. The zero-order chi connectivity index (χ0) is 14.3. The van der Waals surface area contributed by atoms with Crippen LogP contribution >= 0.6 is 0 Å². The van der Waals surface area contributed by atoms with Crippen molar-refractivity contribution >= 4 is 5.97 Å². The van der Waals surface area contributed by atoms with E-state index in [1.165, 1.54) is 19.5 Å². The molecule has 1 aliphatic rings. The highest BCUT2D eigenvalue weighted by atomic mass is 16.4. The fourth-order valence-electron chi connectivity index (χ4n) is 2.48. The van der Waals surface area contributed by atoms with Crippen molar-refractivity contribution in [2.24, 2.45) is 0 Å². The molecule has 1 heterocycles. The second-order valence-corrected chi connectivity index (χ2v) is 5.84. The zero-order valence-corrected chi connectivity index (χ0v) is 12.6. The highest BCUT2D eigenvalue weighted by Gasteiger charge is 2.30. The van der Waals surface area contributed by atoms with E-state index in [0.717, 1.165) is 32.5 Å². The number of likely N-dealkylation sites (N-methyl/N-ethyl adjacent to an activating group) is 2. The van der Waals surface area contributed by atoms with Crippen LogP contribution in [0.4, 0.5) is 0 Å². The molecular formula is C14H29N3O2. The summed E-state index contributed by atoms with van der Waals surface area (Å²) in [6.07, 6.45) is 3.96. The highest BCUT2D eigenvalue weighted by molar-refractivity contribution is 5.78. The standard InChI is InChI=1S/C14H29N3O2/c1-14(15-2,13(18)19)7-4-5-9-17-10-6-8-16(3)11-12-17/h15H,4-12H2,1-3H3,(H,18,19). The number of hydrogen-bond acceptors (Lipinski definition) is 4. The predicted molar refractivity (Wildman–Crippen MR) is 77.5 cm³/mol. The molecular weight excluding hydrogens is 242 g/mol. The molecule has 0 radical (unpaired) electrons. The van der Waals surface area contributed by atoms with Crippen LogP contribution in [-0.4, -0.2) is 73.2 Å². The van der Waals surface area contributed by atoms with E-state index in [0.29, 0.717) is 6.42 Å². The summed E-state index contributed by atoms with van der Waals surface area (Å²) >= 11 is 0. The summed E-state index contributed by atoms with van der Waals surface area (Å²) in [7, 11) is 3.90. The van der Waals surface area contributed by atoms with Crippen LogP contribution in [-0.2, 0) is 4.79 Å². The minimum atomic E-state index is -0.779. The molecule has 1 rings (SSSR count). The maximum atomic E-state index is 11.2. The molecule has 1 fully saturated rings. The lowest BCUT2D eigenvalue weighted by atomic mass is 9.95. The maximum Gasteiger partial charge on any atom is 0.323 e. The first-order chi connectivity index (χ1) is 8.98. The Balaban J connectivity index is 2.21. The van der Waals surface area contributed by atoms with E-state index < -0.39 is 11.5 Å². The van der Waals surface area contributed by atoms with Gasteiger partial charge >= 0.3 is 5.97 Å². The third kappa shape index (κ3) is 5.47. The molecule has 0 saturated carbocycles. The maximum absolute atomic E-state index is 11.2. The van der Waals surface area contributed by atoms with Crippen molar-refractivity contribution in [3.05, 3.63) is 0 Å². The molecule has 0 bridgehead atoms. The topological polar surface area (TPSA) is 55.8 Å². The van der Waals surface area contributed by atoms with Gasteiger partial charge in [0.15, 0.2) is 0 Å². The van der Waals surface area contributed by atoms with Gasteiger partial charge in [0.05, 0.1) is 0 Å². The second-order valence-electron chi connectivity index (χ2n) is 5.84. The number of unbranched alkanes of at least 4 members (excludes halogenated alkanes) is 1. The number of hydrogen-bond donors (Lipinski definition) is 2. The number of carbonyl (C=O) groups is 1. The van der Waals surface area contributed by atoms with Gasteiger partial charge in [0.2, 0.25) is 0 Å². The van der Waals surface area contributed by atoms with Crippen LogP contribution in [0.3, 0.4) is 0 Å². The van der Waals surface area contributed by atoms with Crippen molar-refractivity contribution in [1.29, 1.82) is 0 Å². The molecule has 5 nitrogen and oxygen atoms in total. The first-order valence-electron chi connectivity index (χ1n) is 7.31. The molecule has 1 saturated heterocycles. The van der Waals surface area contributed by atoms with E-state index in [1.807, 2.05) is 0 Å². The lowest BCUT2D eigenvalue weighted by Gasteiger charge is -2.25. The molecule has 112 valence electrons. The van der Waals surface area contributed by atoms with Crippen molar-refractivity contribution in [2.45, 2.75) is 38.1 Å². The van der Waals surface area contributed by atoms with Crippen LogP contribution in [0.5, 0.6) is 0 Å². The molecule has 19 heavy (non-hydrogen) atoms. The van der Waals surface area contributed by atoms with Gasteiger partial charge in [-0.3, -0.25) is 4.79 Å². The molecule has 0 aliphatic carbocycles. The smallest absolute Gasteiger partial charge is 0.323 e. The van der Waals surface area contributed by atoms with Crippen molar-refractivity contribution in [3.63, 3.8) is 0 Å². The average molecular weight is 271 g/mol. The monoisotopic (exact) mass is 271 g/mol. The summed E-state index contributed by atoms with van der Waals surface area (Å²) in [5.74, 6) is -0.758. The van der Waals surface area contributed by atoms with Crippen LogP contribution in [0.2, 0.25) is 0 Å². The fourth-order valence-corrected chi connectivity index (χ4v) is 2.48. The molecule has 1 atom stereocenters. The van der Waals surface area contributed by atoms with Crippen LogP contribution in [0.15, 0.2) is 0 Å². The fraction of sp³-hybridized carbons (Fsp3) is 0.929. The van der Waals surface area contributed by atoms with Crippen LogP contribution in [0, 0.1) is 0 Å². The van der Waals surface area contributed by atoms with Crippen LogP contribution in [0.1, 0.15) is 32.6 Å². The molecule has 5 heteroatoms. The number of aliphatic carboxylic acids is 1. The summed E-state index contributed by atoms with van der Waals surface area (Å²) in [4.78, 5) is 16.0. The molecule has 0 aromatic heterocycles. The van der Waals surface area contributed by atoms with Crippen LogP contribution in [0.25, 0.3) is 0 Å². The minimum absolute atomic E-state index is 0.687. The van der Waals surface area contributed by atoms with Gasteiger partial charge in [0.1, 0.15) is 5.54 Å². The van der Waals surface area contributed by atoms with Gasteiger partial charge < -0.3 is 20.2 Å². The Kier molecular flexibility index (Phi) is 6.75. The number of carboxylic acid groups (broad SMARTS) is 1. The normalized spacial score (nSPS) is 21.8. The Morgan fingerprint density at radius 3 is 2.63 bits per heavy atom. The SMILES string of the molecule is CNC(C)(CCCCN1CCCN(C)CC1)C(=O)O. The van der Waals surface area contributed by atoms with Crippen molar-refractivity contribution in [2.75, 3.05) is 46.8 Å². The van der Waals surface area contributed by atoms with Crippen molar-refractivity contribution in [1.82, 2.24) is 15.1 Å². The summed E-state index contributed by atoms with van der Waals surface area (Å²) in [6, 6.07) is 0. The lowest BCUT2D eigenvalue weighted by molar-refractivity contribution is -0.144. The van der Waals surface area contributed by atoms with Gasteiger partial charge in [-0.15, -0.1) is 0 Å². The second kappa shape index (κ2) is 7.82. The Morgan fingerprint density at radius 2 is 2.00 bits per heavy atom. The van der Waals surface area contributed by atoms with Gasteiger partial charge in [0.25, 0.3) is 0 Å². The van der Waals surface area contributed by atoms with E-state index in [4.69, 9.17) is 5.11 Å². The quantitative estimate of drug-likeness (QED) is 0.673. The summed E-state index contributed by atoms with van der Waals surface area (Å²) in [5.41, 5.74) is -0.779. The average Bonchev–Trinajstić information content (AvgIpc) is 2.59. The Hall–Kier alpha value is -0.650. The van der Waals surface area contributed by atoms with E-state index in [9.17, 15) is 4.79 Å². The van der Waals surface area contributed by atoms with E-state index in [1.54, 1.807) is 14.0 Å². The number of rotatable bonds is 7. The van der Waals surface area contributed by atoms with Crippen molar-refractivity contribution in [3.8, 4) is 0 Å². The number of nitrogens with zero attached hydrogens (tertiary/aromatic N) is 2. The van der Waals surface area contributed by atoms with Crippen molar-refractivity contribution < 1.29 is 9.90 Å². The number of carboxylic acids is 1. The molecule has 0 aromatic carbocycles. The molecule has 0 aromatic rings. The summed E-state index contributed by atoms with van der Waals surface area (Å²) in [5, 5.41) is 12.1. The van der Waals surface area contributed by atoms with Gasteiger partial charge in [0, 0.05) is 13.1 Å². The predicted octanol–water partition coefficient (Wildman–Crippen LogP) is 0.857. The molecule has 1 unspecified atom stereocenters. The Labute approximate surface area is 117 Å². The molecule has 1 aliphatic heterocycles. The first kappa shape index (κ1) is 16.4. The Morgan fingerprint density at radius 1 is 1.26 bits per heavy atom.